The van der Waals surface area contributed by atoms with Gasteiger partial charge in [0.05, 0.1) is 24.1 Å². The monoisotopic (exact) mass is 277 g/mol. The van der Waals surface area contributed by atoms with E-state index in [1.165, 1.54) is 6.92 Å². The molecule has 0 aliphatic rings. The molecular weight excluding hydrogens is 262 g/mol. The van der Waals surface area contributed by atoms with Crippen LogP contribution in [0.25, 0.3) is 11.0 Å². The lowest BCUT2D eigenvalue weighted by atomic mass is 10.1. The van der Waals surface area contributed by atoms with Crippen LogP contribution in [-0.2, 0) is 0 Å². The van der Waals surface area contributed by atoms with E-state index < -0.39 is 24.7 Å². The number of carbonyl (C=O) groups excluding carboxylic acids is 1. The number of aliphatic hydroxyl groups excluding tert-OH is 2. The molecule has 20 heavy (non-hydrogen) atoms. The van der Waals surface area contributed by atoms with Crippen LogP contribution in [0.1, 0.15) is 17.5 Å². The minimum atomic E-state index is -1.18. The first kappa shape index (κ1) is 14.2. The quantitative estimate of drug-likeness (QED) is 0.744. The molecule has 0 bridgehead atoms. The van der Waals surface area contributed by atoms with Crippen molar-refractivity contribution in [3.63, 3.8) is 0 Å². The van der Waals surface area contributed by atoms with E-state index in [1.54, 1.807) is 24.3 Å². The van der Waals surface area contributed by atoms with Gasteiger partial charge in [0.2, 0.25) is 0 Å². The van der Waals surface area contributed by atoms with E-state index in [1.807, 2.05) is 0 Å². The predicted molar refractivity (Wildman–Crippen MR) is 72.5 cm³/mol. The van der Waals surface area contributed by atoms with Crippen LogP contribution in [-0.4, -0.2) is 34.9 Å². The summed E-state index contributed by atoms with van der Waals surface area (Å²) in [5, 5.41) is 21.1. The first-order valence-electron chi connectivity index (χ1n) is 6.06. The molecule has 2 aromatic rings. The molecule has 106 valence electrons. The number of aliphatic hydroxyl groups is 2. The van der Waals surface area contributed by atoms with Gasteiger partial charge in [0.25, 0.3) is 5.91 Å². The van der Waals surface area contributed by atoms with Crippen LogP contribution in [0.5, 0.6) is 0 Å². The molecule has 0 aliphatic carbocycles. The van der Waals surface area contributed by atoms with Crippen molar-refractivity contribution in [3.8, 4) is 0 Å². The standard InChI is InChI=1S/C14H15NO5/c1-14(7-16,8-17)15-13(19)12-6-10(18)9-4-2-3-5-11(9)20-12/h2-6,16-17H,7-8H2,1H3,(H,15,19). The fraction of sp³-hybridized carbons (Fsp3) is 0.286. The molecule has 2 rings (SSSR count). The number of carbonyl (C=O) groups is 1. The second-order valence-corrected chi connectivity index (χ2v) is 4.80. The van der Waals surface area contributed by atoms with E-state index in [-0.39, 0.29) is 11.2 Å². The van der Waals surface area contributed by atoms with Gasteiger partial charge in [-0.15, -0.1) is 0 Å². The maximum Gasteiger partial charge on any atom is 0.287 e. The lowest BCUT2D eigenvalue weighted by molar-refractivity contribution is 0.0701. The zero-order valence-corrected chi connectivity index (χ0v) is 10.9. The van der Waals surface area contributed by atoms with Crippen LogP contribution in [0.4, 0.5) is 0 Å². The van der Waals surface area contributed by atoms with Crippen molar-refractivity contribution in [2.45, 2.75) is 12.5 Å². The number of amides is 1. The molecule has 0 spiro atoms. The van der Waals surface area contributed by atoms with E-state index in [4.69, 9.17) is 14.6 Å². The lowest BCUT2D eigenvalue weighted by Gasteiger charge is -2.25. The summed E-state index contributed by atoms with van der Waals surface area (Å²) in [7, 11) is 0. The van der Waals surface area contributed by atoms with Crippen molar-refractivity contribution in [3.05, 3.63) is 46.3 Å². The topological polar surface area (TPSA) is 99.8 Å². The van der Waals surface area contributed by atoms with Gasteiger partial charge in [0.1, 0.15) is 5.58 Å². The van der Waals surface area contributed by atoms with Gasteiger partial charge >= 0.3 is 0 Å². The molecule has 3 N–H and O–H groups in total. The highest BCUT2D eigenvalue weighted by Crippen LogP contribution is 2.12. The number of para-hydroxylation sites is 1. The summed E-state index contributed by atoms with van der Waals surface area (Å²) in [5.41, 5.74) is -1.20. The second-order valence-electron chi connectivity index (χ2n) is 4.80. The Kier molecular flexibility index (Phi) is 3.87. The highest BCUT2D eigenvalue weighted by atomic mass is 16.3. The fourth-order valence-electron chi connectivity index (χ4n) is 1.68. The number of hydrogen-bond donors (Lipinski definition) is 3. The third-order valence-electron chi connectivity index (χ3n) is 2.97. The van der Waals surface area contributed by atoms with Crippen LogP contribution in [0, 0.1) is 0 Å². The highest BCUT2D eigenvalue weighted by Gasteiger charge is 2.26. The predicted octanol–water partition coefficient (Wildman–Crippen LogP) is 0.266. The fourth-order valence-corrected chi connectivity index (χ4v) is 1.68. The summed E-state index contributed by atoms with van der Waals surface area (Å²) in [6.45, 7) is 0.601. The number of rotatable bonds is 4. The molecular formula is C14H15NO5. The molecule has 1 amide bonds. The zero-order valence-electron chi connectivity index (χ0n) is 10.9. The Labute approximate surface area is 114 Å². The Hall–Kier alpha value is -2.18. The number of benzene rings is 1. The Morgan fingerprint density at radius 3 is 2.60 bits per heavy atom. The maximum absolute atomic E-state index is 12.0. The van der Waals surface area contributed by atoms with Crippen molar-refractivity contribution in [1.82, 2.24) is 5.32 Å². The van der Waals surface area contributed by atoms with E-state index in [2.05, 4.69) is 5.32 Å². The van der Waals surface area contributed by atoms with Gasteiger partial charge in [0, 0.05) is 6.07 Å². The number of hydrogen-bond acceptors (Lipinski definition) is 5. The summed E-state index contributed by atoms with van der Waals surface area (Å²) in [5.74, 6) is -0.833. The Balaban J connectivity index is 2.38. The summed E-state index contributed by atoms with van der Waals surface area (Å²) < 4.78 is 5.36. The maximum atomic E-state index is 12.0. The van der Waals surface area contributed by atoms with Crippen LogP contribution in [0.2, 0.25) is 0 Å². The molecule has 0 atom stereocenters. The molecule has 6 heteroatoms. The van der Waals surface area contributed by atoms with E-state index in [9.17, 15) is 9.59 Å². The Morgan fingerprint density at radius 2 is 1.95 bits per heavy atom. The van der Waals surface area contributed by atoms with Crippen molar-refractivity contribution in [1.29, 1.82) is 0 Å². The average Bonchev–Trinajstić information content (AvgIpc) is 2.47. The third-order valence-corrected chi connectivity index (χ3v) is 2.97. The average molecular weight is 277 g/mol. The lowest BCUT2D eigenvalue weighted by Crippen LogP contribution is -2.51. The van der Waals surface area contributed by atoms with Gasteiger partial charge in [0.15, 0.2) is 11.2 Å². The van der Waals surface area contributed by atoms with Gasteiger partial charge in [-0.25, -0.2) is 0 Å². The molecule has 0 aliphatic heterocycles. The molecule has 6 nitrogen and oxygen atoms in total. The van der Waals surface area contributed by atoms with Crippen LogP contribution in [0.15, 0.2) is 39.5 Å². The molecule has 0 unspecified atom stereocenters. The molecule has 0 radical (unpaired) electrons. The smallest absolute Gasteiger partial charge is 0.287 e. The van der Waals surface area contributed by atoms with Gasteiger partial charge < -0.3 is 19.9 Å². The Morgan fingerprint density at radius 1 is 1.30 bits per heavy atom. The summed E-state index contributed by atoms with van der Waals surface area (Å²) in [4.78, 5) is 23.9. The number of fused-ring (bicyclic) bond motifs is 1. The SMILES string of the molecule is CC(CO)(CO)NC(=O)c1cc(=O)c2ccccc2o1. The van der Waals surface area contributed by atoms with E-state index in [0.717, 1.165) is 6.07 Å². The van der Waals surface area contributed by atoms with Crippen LogP contribution >= 0.6 is 0 Å². The van der Waals surface area contributed by atoms with Crippen LogP contribution < -0.4 is 10.7 Å². The first-order valence-corrected chi connectivity index (χ1v) is 6.06. The van der Waals surface area contributed by atoms with Crippen molar-refractivity contribution in [2.24, 2.45) is 0 Å². The van der Waals surface area contributed by atoms with Crippen molar-refractivity contribution < 1.29 is 19.4 Å². The molecule has 0 saturated heterocycles. The minimum absolute atomic E-state index is 0.165. The zero-order chi connectivity index (χ0) is 14.8. The van der Waals surface area contributed by atoms with Crippen molar-refractivity contribution >= 4 is 16.9 Å². The van der Waals surface area contributed by atoms with Gasteiger partial charge in [-0.1, -0.05) is 12.1 Å². The molecule has 0 fully saturated rings. The van der Waals surface area contributed by atoms with Gasteiger partial charge in [-0.3, -0.25) is 9.59 Å². The van der Waals surface area contributed by atoms with E-state index in [0.29, 0.717) is 11.0 Å². The molecule has 0 saturated carbocycles. The molecule has 1 aromatic carbocycles. The summed E-state index contributed by atoms with van der Waals surface area (Å²) in [6, 6.07) is 7.68. The molecule has 1 heterocycles. The third kappa shape index (κ3) is 2.71. The van der Waals surface area contributed by atoms with Crippen molar-refractivity contribution in [2.75, 3.05) is 13.2 Å². The minimum Gasteiger partial charge on any atom is -0.451 e. The highest BCUT2D eigenvalue weighted by molar-refractivity contribution is 5.93. The van der Waals surface area contributed by atoms with Gasteiger partial charge in [-0.05, 0) is 19.1 Å². The molecule has 1 aromatic heterocycles. The Bertz CT molecular complexity index is 687. The van der Waals surface area contributed by atoms with E-state index >= 15 is 0 Å². The summed E-state index contributed by atoms with van der Waals surface area (Å²) >= 11 is 0. The first-order chi connectivity index (χ1) is 9.49. The summed E-state index contributed by atoms with van der Waals surface area (Å²) in [6.07, 6.45) is 0. The van der Waals surface area contributed by atoms with Gasteiger partial charge in [-0.2, -0.15) is 0 Å². The largest absolute Gasteiger partial charge is 0.451 e. The van der Waals surface area contributed by atoms with Crippen LogP contribution in [0.3, 0.4) is 0 Å². The second kappa shape index (κ2) is 5.44. The normalized spacial score (nSPS) is 11.6. The number of nitrogens with one attached hydrogen (secondary N) is 1.